The molecule has 10 heteroatoms. The van der Waals surface area contributed by atoms with E-state index in [1.807, 2.05) is 27.7 Å². The lowest BCUT2D eigenvalue weighted by Gasteiger charge is -2.33. The molecule has 1 heterocycles. The monoisotopic (exact) mass is 467 g/mol. The first-order valence-electron chi connectivity index (χ1n) is 10.3. The van der Waals surface area contributed by atoms with Gasteiger partial charge >= 0.3 is 0 Å². The lowest BCUT2D eigenvalue weighted by atomic mass is 10.0. The number of benzene rings is 1. The molecule has 0 saturated carbocycles. The van der Waals surface area contributed by atoms with Crippen LogP contribution in [0.5, 0.6) is 0 Å². The number of amides is 2. The maximum Gasteiger partial charge on any atom is 0.243 e. The van der Waals surface area contributed by atoms with E-state index in [-0.39, 0.29) is 17.3 Å². The molecule has 0 unspecified atom stereocenters. The molecular formula is C22H30FN3O5S. The molecule has 0 saturated heterocycles. The van der Waals surface area contributed by atoms with Gasteiger partial charge < -0.3 is 14.6 Å². The van der Waals surface area contributed by atoms with Gasteiger partial charge in [0, 0.05) is 5.54 Å². The van der Waals surface area contributed by atoms with Crippen LogP contribution in [0.3, 0.4) is 0 Å². The maximum absolute atomic E-state index is 13.1. The number of halogens is 1. The summed E-state index contributed by atoms with van der Waals surface area (Å²) >= 11 is 0. The van der Waals surface area contributed by atoms with Crippen molar-refractivity contribution < 1.29 is 26.8 Å². The number of sulfonamides is 1. The van der Waals surface area contributed by atoms with Gasteiger partial charge in [0.15, 0.2) is 0 Å². The molecule has 32 heavy (non-hydrogen) atoms. The highest BCUT2D eigenvalue weighted by Crippen LogP contribution is 2.16. The summed E-state index contributed by atoms with van der Waals surface area (Å²) in [6, 6.07) is 6.79. The van der Waals surface area contributed by atoms with E-state index in [9.17, 15) is 22.4 Å². The Hall–Kier alpha value is -2.72. The predicted octanol–water partition coefficient (Wildman–Crippen LogP) is 2.81. The van der Waals surface area contributed by atoms with Gasteiger partial charge in [0.1, 0.15) is 17.6 Å². The number of carbonyl (C=O) groups excluding carboxylic acids is 2. The second-order valence-corrected chi connectivity index (χ2v) is 10.2. The van der Waals surface area contributed by atoms with Gasteiger partial charge in [-0.15, -0.1) is 0 Å². The summed E-state index contributed by atoms with van der Waals surface area (Å²) in [5.41, 5.74) is -0.507. The fourth-order valence-electron chi connectivity index (χ4n) is 3.05. The van der Waals surface area contributed by atoms with Crippen LogP contribution < -0.4 is 10.0 Å². The fraction of sp³-hybridized carbons (Fsp3) is 0.455. The molecule has 1 aromatic carbocycles. The van der Waals surface area contributed by atoms with Crippen LogP contribution in [-0.4, -0.2) is 43.3 Å². The summed E-state index contributed by atoms with van der Waals surface area (Å²) in [5, 5.41) is 2.88. The molecule has 2 amide bonds. The Labute approximate surface area is 188 Å². The Morgan fingerprint density at radius 3 is 2.34 bits per heavy atom. The topological polar surface area (TPSA) is 109 Å². The molecule has 0 radical (unpaired) electrons. The van der Waals surface area contributed by atoms with Crippen LogP contribution in [0, 0.1) is 5.82 Å². The van der Waals surface area contributed by atoms with E-state index < -0.39 is 39.9 Å². The number of carbonyl (C=O) groups is 2. The van der Waals surface area contributed by atoms with Gasteiger partial charge in [-0.1, -0.05) is 13.3 Å². The Bertz CT molecular complexity index is 999. The molecule has 0 aliphatic rings. The van der Waals surface area contributed by atoms with Gasteiger partial charge in [0.2, 0.25) is 21.8 Å². The Balaban J connectivity index is 2.24. The van der Waals surface area contributed by atoms with E-state index >= 15 is 0 Å². The van der Waals surface area contributed by atoms with Crippen molar-refractivity contribution in [2.75, 3.05) is 6.54 Å². The van der Waals surface area contributed by atoms with E-state index in [0.29, 0.717) is 18.6 Å². The van der Waals surface area contributed by atoms with Gasteiger partial charge in [0.25, 0.3) is 0 Å². The largest absolute Gasteiger partial charge is 0.467 e. The number of nitrogens with one attached hydrogen (secondary N) is 2. The Kier molecular flexibility index (Phi) is 8.57. The molecule has 2 aromatic rings. The second kappa shape index (κ2) is 10.7. The first-order valence-corrected chi connectivity index (χ1v) is 11.8. The molecule has 1 aromatic heterocycles. The van der Waals surface area contributed by atoms with E-state index in [2.05, 4.69) is 10.0 Å². The van der Waals surface area contributed by atoms with Crippen LogP contribution in [0.15, 0.2) is 52.0 Å². The average molecular weight is 468 g/mol. The maximum atomic E-state index is 13.1. The van der Waals surface area contributed by atoms with E-state index in [4.69, 9.17) is 4.42 Å². The zero-order valence-electron chi connectivity index (χ0n) is 18.7. The second-order valence-electron chi connectivity index (χ2n) is 8.42. The first-order chi connectivity index (χ1) is 14.9. The standard InChI is InChI=1S/C22H30FN3O5S/c1-5-7-19(21(28)25-22(2,3)4)26(15-17-8-6-13-31-17)20(27)14-24-32(29,30)18-11-9-16(23)10-12-18/h6,8-13,19,24H,5,7,14-15H2,1-4H3,(H,25,28)/t19-/m0/s1. The van der Waals surface area contributed by atoms with Crippen LogP contribution in [0.1, 0.15) is 46.3 Å². The van der Waals surface area contributed by atoms with Crippen molar-refractivity contribution in [3.8, 4) is 0 Å². The van der Waals surface area contributed by atoms with E-state index in [1.54, 1.807) is 12.1 Å². The third-order valence-electron chi connectivity index (χ3n) is 4.50. The molecule has 8 nitrogen and oxygen atoms in total. The first kappa shape index (κ1) is 25.5. The number of hydrogen-bond donors (Lipinski definition) is 2. The molecule has 2 N–H and O–H groups in total. The zero-order valence-corrected chi connectivity index (χ0v) is 19.5. The number of rotatable bonds is 10. The van der Waals surface area contributed by atoms with Gasteiger partial charge in [-0.25, -0.2) is 17.5 Å². The summed E-state index contributed by atoms with van der Waals surface area (Å²) in [6.07, 6.45) is 2.48. The van der Waals surface area contributed by atoms with Crippen molar-refractivity contribution in [2.24, 2.45) is 0 Å². The normalized spacial score (nSPS) is 12.9. The quantitative estimate of drug-likeness (QED) is 0.559. The van der Waals surface area contributed by atoms with Crippen LogP contribution in [0.25, 0.3) is 0 Å². The molecule has 0 fully saturated rings. The van der Waals surface area contributed by atoms with Crippen molar-refractivity contribution in [1.29, 1.82) is 0 Å². The molecule has 0 spiro atoms. The minimum absolute atomic E-state index is 0.00629. The Morgan fingerprint density at radius 2 is 1.81 bits per heavy atom. The van der Waals surface area contributed by atoms with E-state index in [1.165, 1.54) is 11.2 Å². The van der Waals surface area contributed by atoms with Gasteiger partial charge in [0.05, 0.1) is 24.2 Å². The summed E-state index contributed by atoms with van der Waals surface area (Å²) < 4.78 is 45.7. The smallest absolute Gasteiger partial charge is 0.243 e. The van der Waals surface area contributed by atoms with Crippen molar-refractivity contribution in [3.63, 3.8) is 0 Å². The molecule has 0 bridgehead atoms. The summed E-state index contributed by atoms with van der Waals surface area (Å²) in [7, 11) is -4.04. The minimum atomic E-state index is -4.04. The van der Waals surface area contributed by atoms with Crippen molar-refractivity contribution in [1.82, 2.24) is 14.9 Å². The number of nitrogens with zero attached hydrogens (tertiary/aromatic N) is 1. The lowest BCUT2D eigenvalue weighted by molar-refractivity contribution is -0.141. The minimum Gasteiger partial charge on any atom is -0.467 e. The van der Waals surface area contributed by atoms with Crippen LogP contribution >= 0.6 is 0 Å². The lowest BCUT2D eigenvalue weighted by Crippen LogP contribution is -2.55. The highest BCUT2D eigenvalue weighted by Gasteiger charge is 2.32. The van der Waals surface area contributed by atoms with E-state index in [0.717, 1.165) is 24.3 Å². The molecule has 0 aliphatic heterocycles. The molecule has 176 valence electrons. The van der Waals surface area contributed by atoms with Crippen molar-refractivity contribution >= 4 is 21.8 Å². The third kappa shape index (κ3) is 7.45. The van der Waals surface area contributed by atoms with Crippen LogP contribution in [0.2, 0.25) is 0 Å². The SMILES string of the molecule is CCC[C@@H](C(=O)NC(C)(C)C)N(Cc1ccco1)C(=O)CNS(=O)(=O)c1ccc(F)cc1. The third-order valence-corrected chi connectivity index (χ3v) is 5.92. The fourth-order valence-corrected chi connectivity index (χ4v) is 4.03. The molecule has 2 rings (SSSR count). The predicted molar refractivity (Wildman–Crippen MR) is 117 cm³/mol. The summed E-state index contributed by atoms with van der Waals surface area (Å²) in [6.45, 7) is 6.84. The van der Waals surface area contributed by atoms with Gasteiger partial charge in [-0.2, -0.15) is 0 Å². The van der Waals surface area contributed by atoms with Crippen LogP contribution in [0.4, 0.5) is 4.39 Å². The Morgan fingerprint density at radius 1 is 1.16 bits per heavy atom. The summed E-state index contributed by atoms with van der Waals surface area (Å²) in [4.78, 5) is 27.2. The van der Waals surface area contributed by atoms with Gasteiger partial charge in [-0.3, -0.25) is 9.59 Å². The molecular weight excluding hydrogens is 437 g/mol. The highest BCUT2D eigenvalue weighted by molar-refractivity contribution is 7.89. The van der Waals surface area contributed by atoms with Crippen molar-refractivity contribution in [3.05, 3.63) is 54.2 Å². The molecule has 1 atom stereocenters. The highest BCUT2D eigenvalue weighted by atomic mass is 32.2. The van der Waals surface area contributed by atoms with Crippen LogP contribution in [-0.2, 0) is 26.2 Å². The van der Waals surface area contributed by atoms with Gasteiger partial charge in [-0.05, 0) is 63.6 Å². The number of hydrogen-bond acceptors (Lipinski definition) is 5. The van der Waals surface area contributed by atoms with Crippen molar-refractivity contribution in [2.45, 2.75) is 63.6 Å². The number of furan rings is 1. The molecule has 0 aliphatic carbocycles. The average Bonchev–Trinajstić information content (AvgIpc) is 3.21. The summed E-state index contributed by atoms with van der Waals surface area (Å²) in [5.74, 6) is -1.03. The zero-order chi connectivity index (χ0) is 23.9.